The predicted octanol–water partition coefficient (Wildman–Crippen LogP) is 2.98. The van der Waals surface area contributed by atoms with Gasteiger partial charge in [-0.3, -0.25) is 4.79 Å². The number of nitrogens with one attached hydrogen (secondary N) is 1. The monoisotopic (exact) mass is 398 g/mol. The summed E-state index contributed by atoms with van der Waals surface area (Å²) in [6, 6.07) is 13.7. The molecule has 0 spiro atoms. The Morgan fingerprint density at radius 1 is 1.21 bits per heavy atom. The van der Waals surface area contributed by atoms with Gasteiger partial charge in [-0.25, -0.2) is 4.39 Å². The van der Waals surface area contributed by atoms with Crippen LogP contribution in [-0.2, 0) is 6.61 Å². The van der Waals surface area contributed by atoms with Gasteiger partial charge in [0.25, 0.3) is 5.91 Å². The first kappa shape index (κ1) is 19.9. The molecule has 2 aromatic rings. The number of nitrogens with zero attached hydrogens (tertiary/aromatic N) is 1. The Balaban J connectivity index is 1.37. The summed E-state index contributed by atoms with van der Waals surface area (Å²) in [6.45, 7) is 2.51. The van der Waals surface area contributed by atoms with Crippen molar-refractivity contribution < 1.29 is 19.0 Å². The number of aliphatic hydroxyl groups is 1. The molecule has 154 valence electrons. The molecular weight excluding hydrogens is 371 g/mol. The second-order valence-corrected chi connectivity index (χ2v) is 8.04. The first-order chi connectivity index (χ1) is 14.1. The van der Waals surface area contributed by atoms with Crippen molar-refractivity contribution in [2.24, 2.45) is 5.41 Å². The number of hydrogen-bond acceptors (Lipinski definition) is 4. The van der Waals surface area contributed by atoms with E-state index in [1.807, 2.05) is 4.90 Å². The molecule has 2 N–H and O–H groups in total. The van der Waals surface area contributed by atoms with E-state index in [0.717, 1.165) is 25.8 Å². The Morgan fingerprint density at radius 2 is 2.00 bits per heavy atom. The highest BCUT2D eigenvalue weighted by atomic mass is 19.1. The quantitative estimate of drug-likeness (QED) is 0.813. The summed E-state index contributed by atoms with van der Waals surface area (Å²) in [5, 5.41) is 13.4. The molecule has 0 aromatic heterocycles. The molecule has 2 saturated heterocycles. The third-order valence-electron chi connectivity index (χ3n) is 6.32. The molecule has 2 aliphatic rings. The number of carbonyl (C=O) groups is 1. The molecule has 0 radical (unpaired) electrons. The summed E-state index contributed by atoms with van der Waals surface area (Å²) in [5.74, 6) is 0.293. The minimum absolute atomic E-state index is 0.00966. The summed E-state index contributed by atoms with van der Waals surface area (Å²) in [7, 11) is 0. The van der Waals surface area contributed by atoms with Gasteiger partial charge in [0.15, 0.2) is 0 Å². The lowest BCUT2D eigenvalue weighted by molar-refractivity contribution is -0.00882. The van der Waals surface area contributed by atoms with Crippen molar-refractivity contribution in [2.45, 2.75) is 31.9 Å². The average molecular weight is 398 g/mol. The summed E-state index contributed by atoms with van der Waals surface area (Å²) in [4.78, 5) is 14.8. The van der Waals surface area contributed by atoms with Gasteiger partial charge < -0.3 is 20.1 Å². The molecule has 2 heterocycles. The van der Waals surface area contributed by atoms with Crippen LogP contribution in [-0.4, -0.2) is 48.2 Å². The molecule has 6 heteroatoms. The van der Waals surface area contributed by atoms with E-state index < -0.39 is 0 Å². The maximum atomic E-state index is 13.7. The van der Waals surface area contributed by atoms with Gasteiger partial charge >= 0.3 is 0 Å². The number of piperidine rings is 2. The Morgan fingerprint density at radius 3 is 2.76 bits per heavy atom. The lowest BCUT2D eigenvalue weighted by atomic mass is 9.70. The lowest BCUT2D eigenvalue weighted by Gasteiger charge is -2.50. The van der Waals surface area contributed by atoms with Crippen molar-refractivity contribution in [1.29, 1.82) is 0 Å². The van der Waals surface area contributed by atoms with E-state index in [4.69, 9.17) is 4.74 Å². The smallest absolute Gasteiger partial charge is 0.253 e. The highest BCUT2D eigenvalue weighted by Crippen LogP contribution is 2.38. The Labute approximate surface area is 170 Å². The maximum Gasteiger partial charge on any atom is 0.253 e. The van der Waals surface area contributed by atoms with E-state index in [1.165, 1.54) is 6.07 Å². The van der Waals surface area contributed by atoms with Crippen LogP contribution in [0.2, 0.25) is 0 Å². The Bertz CT molecular complexity index is 857. The van der Waals surface area contributed by atoms with Gasteiger partial charge in [-0.05, 0) is 56.1 Å². The van der Waals surface area contributed by atoms with E-state index in [0.29, 0.717) is 30.0 Å². The fraction of sp³-hybridized carbons (Fsp3) is 0.435. The highest BCUT2D eigenvalue weighted by molar-refractivity contribution is 5.94. The molecule has 0 aliphatic carbocycles. The van der Waals surface area contributed by atoms with Crippen molar-refractivity contribution in [1.82, 2.24) is 10.2 Å². The van der Waals surface area contributed by atoms with Crippen LogP contribution in [0, 0.1) is 11.2 Å². The van der Waals surface area contributed by atoms with Crippen molar-refractivity contribution >= 4 is 5.91 Å². The fourth-order valence-corrected chi connectivity index (χ4v) is 4.44. The van der Waals surface area contributed by atoms with Gasteiger partial charge in [0.05, 0.1) is 6.61 Å². The molecule has 2 aliphatic heterocycles. The Hall–Kier alpha value is -2.44. The zero-order chi connectivity index (χ0) is 20.3. The summed E-state index contributed by atoms with van der Waals surface area (Å²) >= 11 is 0. The summed E-state index contributed by atoms with van der Waals surface area (Å²) < 4.78 is 19.3. The second kappa shape index (κ2) is 8.51. The van der Waals surface area contributed by atoms with Gasteiger partial charge in [0, 0.05) is 35.7 Å². The molecule has 2 aromatic carbocycles. The minimum Gasteiger partial charge on any atom is -0.489 e. The van der Waals surface area contributed by atoms with Crippen molar-refractivity contribution in [3.05, 3.63) is 65.5 Å². The number of amides is 1. The predicted molar refractivity (Wildman–Crippen MR) is 108 cm³/mol. The molecular formula is C23H27FN2O3. The van der Waals surface area contributed by atoms with Crippen LogP contribution in [0.25, 0.3) is 0 Å². The topological polar surface area (TPSA) is 61.8 Å². The van der Waals surface area contributed by atoms with E-state index in [-0.39, 0.29) is 36.4 Å². The van der Waals surface area contributed by atoms with Crippen LogP contribution < -0.4 is 10.1 Å². The summed E-state index contributed by atoms with van der Waals surface area (Å²) in [5.41, 5.74) is 1.00. The first-order valence-electron chi connectivity index (χ1n) is 10.2. The van der Waals surface area contributed by atoms with Gasteiger partial charge in [0.2, 0.25) is 0 Å². The summed E-state index contributed by atoms with van der Waals surface area (Å²) in [6.07, 6.45) is 2.90. The molecule has 1 amide bonds. The van der Waals surface area contributed by atoms with Gasteiger partial charge in [-0.1, -0.05) is 18.2 Å². The van der Waals surface area contributed by atoms with E-state index >= 15 is 0 Å². The number of halogens is 1. The molecule has 0 bridgehead atoms. The van der Waals surface area contributed by atoms with Crippen LogP contribution in [0.3, 0.4) is 0 Å². The number of ether oxygens (including phenoxy) is 1. The zero-order valence-electron chi connectivity index (χ0n) is 16.4. The van der Waals surface area contributed by atoms with Crippen molar-refractivity contribution in [3.8, 4) is 5.75 Å². The van der Waals surface area contributed by atoms with Crippen LogP contribution in [0.4, 0.5) is 4.39 Å². The van der Waals surface area contributed by atoms with E-state index in [9.17, 15) is 14.3 Å². The maximum absolute atomic E-state index is 13.7. The number of aliphatic hydroxyl groups excluding tert-OH is 1. The average Bonchev–Trinajstić information content (AvgIpc) is 2.78. The molecule has 4 rings (SSSR count). The highest BCUT2D eigenvalue weighted by Gasteiger charge is 2.44. The van der Waals surface area contributed by atoms with Crippen molar-refractivity contribution in [2.75, 3.05) is 26.2 Å². The molecule has 2 atom stereocenters. The second-order valence-electron chi connectivity index (χ2n) is 8.04. The molecule has 0 saturated carbocycles. The largest absolute Gasteiger partial charge is 0.489 e. The van der Waals surface area contributed by atoms with Crippen LogP contribution in [0.15, 0.2) is 48.5 Å². The fourth-order valence-electron chi connectivity index (χ4n) is 4.44. The minimum atomic E-state index is -0.292. The number of likely N-dealkylation sites (tertiary alicyclic amines) is 1. The molecule has 5 nitrogen and oxygen atoms in total. The number of rotatable bonds is 5. The van der Waals surface area contributed by atoms with Gasteiger partial charge in [-0.15, -0.1) is 0 Å². The SMILES string of the molecule is O=C(c1ccc(OCc2ccccc2F)cc1)N1CC[C@@]2(CO)CCCN[C@@H]2C1. The van der Waals surface area contributed by atoms with E-state index in [2.05, 4.69) is 5.32 Å². The molecule has 2 fully saturated rings. The van der Waals surface area contributed by atoms with Crippen LogP contribution in [0.5, 0.6) is 5.75 Å². The van der Waals surface area contributed by atoms with E-state index in [1.54, 1.807) is 42.5 Å². The van der Waals surface area contributed by atoms with Gasteiger partial charge in [0.1, 0.15) is 18.2 Å². The third kappa shape index (κ3) is 4.14. The molecule has 0 unspecified atom stereocenters. The normalized spacial score (nSPS) is 24.1. The third-order valence-corrected chi connectivity index (χ3v) is 6.32. The number of benzene rings is 2. The first-order valence-corrected chi connectivity index (χ1v) is 10.2. The van der Waals surface area contributed by atoms with Crippen LogP contribution in [0.1, 0.15) is 35.2 Å². The van der Waals surface area contributed by atoms with Gasteiger partial charge in [-0.2, -0.15) is 0 Å². The number of carbonyl (C=O) groups excluding carboxylic acids is 1. The standard InChI is InChI=1S/C23H27FN2O3/c24-20-5-2-1-4-18(20)15-29-19-8-6-17(7-9-19)22(28)26-13-11-23(16-27)10-3-12-25-21(23)14-26/h1-2,4-9,21,25,27H,3,10-16H2/t21-,23-/m1/s1. The van der Waals surface area contributed by atoms with Crippen molar-refractivity contribution in [3.63, 3.8) is 0 Å². The van der Waals surface area contributed by atoms with Crippen LogP contribution >= 0.6 is 0 Å². The zero-order valence-corrected chi connectivity index (χ0v) is 16.4. The lowest BCUT2D eigenvalue weighted by Crippen LogP contribution is -2.62. The molecule has 29 heavy (non-hydrogen) atoms. The number of fused-ring (bicyclic) bond motifs is 1. The Kier molecular flexibility index (Phi) is 5.83. The number of hydrogen-bond donors (Lipinski definition) is 2.